The average molecular weight is 189 g/mol. The highest BCUT2D eigenvalue weighted by Crippen LogP contribution is 2.15. The summed E-state index contributed by atoms with van der Waals surface area (Å²) in [5, 5.41) is 0.682. The molecule has 1 aromatic heterocycles. The molecule has 0 aromatic carbocycles. The Morgan fingerprint density at radius 2 is 2.55 bits per heavy atom. The van der Waals surface area contributed by atoms with Crippen molar-refractivity contribution in [1.82, 2.24) is 0 Å². The summed E-state index contributed by atoms with van der Waals surface area (Å²) < 4.78 is 5.12. The van der Waals surface area contributed by atoms with Gasteiger partial charge in [0.2, 0.25) is 0 Å². The van der Waals surface area contributed by atoms with Crippen LogP contribution in [0.4, 0.5) is 0 Å². The monoisotopic (exact) mass is 188 g/mol. The van der Waals surface area contributed by atoms with Crippen molar-refractivity contribution in [3.05, 3.63) is 35.8 Å². The van der Waals surface area contributed by atoms with Gasteiger partial charge in [0.05, 0.1) is 12.0 Å². The molecule has 0 atom stereocenters. The Labute approximate surface area is 75.4 Å². The van der Waals surface area contributed by atoms with E-state index in [4.69, 9.17) is 16.0 Å². The van der Waals surface area contributed by atoms with E-state index in [1.807, 2.05) is 12.1 Å². The Morgan fingerprint density at radius 1 is 1.73 bits per heavy atom. The quantitative estimate of drug-likeness (QED) is 0.720. The van der Waals surface area contributed by atoms with Crippen molar-refractivity contribution < 1.29 is 4.42 Å². The van der Waals surface area contributed by atoms with Crippen molar-refractivity contribution in [2.24, 2.45) is 0 Å². The average Bonchev–Trinajstić information content (AvgIpc) is 2.39. The lowest BCUT2D eigenvalue weighted by molar-refractivity contribution is 0.530. The van der Waals surface area contributed by atoms with Crippen molar-refractivity contribution in [3.8, 4) is 0 Å². The van der Waals surface area contributed by atoms with Crippen molar-refractivity contribution in [2.45, 2.75) is 5.75 Å². The number of thioether (sulfide) groups is 1. The molecule has 0 unspecified atom stereocenters. The van der Waals surface area contributed by atoms with Gasteiger partial charge in [-0.05, 0) is 12.1 Å². The predicted octanol–water partition coefficient (Wildman–Crippen LogP) is 3.27. The second-order valence-corrected chi connectivity index (χ2v) is 3.61. The minimum absolute atomic E-state index is 0.682. The Balaban J connectivity index is 2.19. The summed E-state index contributed by atoms with van der Waals surface area (Å²) in [6.07, 6.45) is 1.67. The molecule has 0 aliphatic carbocycles. The molecule has 0 saturated heterocycles. The molecule has 0 N–H and O–H groups in total. The van der Waals surface area contributed by atoms with E-state index in [9.17, 15) is 0 Å². The number of hydrogen-bond acceptors (Lipinski definition) is 2. The van der Waals surface area contributed by atoms with E-state index in [1.165, 1.54) is 0 Å². The first-order valence-electron chi connectivity index (χ1n) is 3.22. The highest BCUT2D eigenvalue weighted by atomic mass is 35.5. The van der Waals surface area contributed by atoms with Crippen LogP contribution in [-0.4, -0.2) is 5.75 Å². The van der Waals surface area contributed by atoms with Gasteiger partial charge < -0.3 is 4.42 Å². The van der Waals surface area contributed by atoms with Crippen LogP contribution in [0.15, 0.2) is 34.4 Å². The Bertz CT molecular complexity index is 218. The molecule has 1 rings (SSSR count). The molecule has 0 spiro atoms. The third-order valence-corrected chi connectivity index (χ3v) is 2.42. The van der Waals surface area contributed by atoms with Crippen LogP contribution in [0.2, 0.25) is 0 Å². The molecule has 0 aliphatic rings. The van der Waals surface area contributed by atoms with E-state index in [0.29, 0.717) is 5.03 Å². The van der Waals surface area contributed by atoms with Crippen LogP contribution in [0, 0.1) is 0 Å². The van der Waals surface area contributed by atoms with Gasteiger partial charge in [-0.1, -0.05) is 18.2 Å². The van der Waals surface area contributed by atoms with Gasteiger partial charge in [-0.25, -0.2) is 0 Å². The van der Waals surface area contributed by atoms with Crippen molar-refractivity contribution >= 4 is 23.4 Å². The first-order valence-corrected chi connectivity index (χ1v) is 4.75. The first kappa shape index (κ1) is 8.75. The molecule has 1 aromatic rings. The molecular weight excluding hydrogens is 180 g/mol. The molecule has 0 saturated carbocycles. The maximum absolute atomic E-state index is 5.57. The lowest BCUT2D eigenvalue weighted by atomic mass is 10.5. The molecular formula is C8H9ClOS. The predicted molar refractivity (Wildman–Crippen MR) is 49.9 cm³/mol. The summed E-state index contributed by atoms with van der Waals surface area (Å²) in [5.74, 6) is 2.62. The third kappa shape index (κ3) is 3.54. The molecule has 0 radical (unpaired) electrons. The molecule has 11 heavy (non-hydrogen) atoms. The van der Waals surface area contributed by atoms with E-state index < -0.39 is 0 Å². The van der Waals surface area contributed by atoms with E-state index in [2.05, 4.69) is 6.58 Å². The SMILES string of the molecule is C=C(Cl)CSCc1ccco1. The second kappa shape index (κ2) is 4.52. The summed E-state index contributed by atoms with van der Waals surface area (Å²) in [7, 11) is 0. The maximum Gasteiger partial charge on any atom is 0.113 e. The standard InChI is InChI=1S/C8H9ClOS/c1-7(9)5-11-6-8-3-2-4-10-8/h2-4H,1,5-6H2. The molecule has 0 fully saturated rings. The number of halogens is 1. The fourth-order valence-corrected chi connectivity index (χ4v) is 1.58. The van der Waals surface area contributed by atoms with Gasteiger partial charge in [0.25, 0.3) is 0 Å². The van der Waals surface area contributed by atoms with Gasteiger partial charge in [-0.15, -0.1) is 11.8 Å². The van der Waals surface area contributed by atoms with Crippen LogP contribution in [0.25, 0.3) is 0 Å². The van der Waals surface area contributed by atoms with Gasteiger partial charge in [0, 0.05) is 10.8 Å². The largest absolute Gasteiger partial charge is 0.468 e. The van der Waals surface area contributed by atoms with Crippen molar-refractivity contribution in [1.29, 1.82) is 0 Å². The highest BCUT2D eigenvalue weighted by molar-refractivity contribution is 7.98. The summed E-state index contributed by atoms with van der Waals surface area (Å²) in [6.45, 7) is 3.59. The van der Waals surface area contributed by atoms with Crippen molar-refractivity contribution in [3.63, 3.8) is 0 Å². The zero-order chi connectivity index (χ0) is 8.10. The maximum atomic E-state index is 5.57. The van der Waals surface area contributed by atoms with Gasteiger partial charge in [-0.3, -0.25) is 0 Å². The van der Waals surface area contributed by atoms with Crippen LogP contribution < -0.4 is 0 Å². The molecule has 0 bridgehead atoms. The first-order chi connectivity index (χ1) is 5.29. The Kier molecular flexibility index (Phi) is 3.60. The van der Waals surface area contributed by atoms with Gasteiger partial charge >= 0.3 is 0 Å². The van der Waals surface area contributed by atoms with E-state index >= 15 is 0 Å². The van der Waals surface area contributed by atoms with Crippen LogP contribution in [0.5, 0.6) is 0 Å². The fraction of sp³-hybridized carbons (Fsp3) is 0.250. The molecule has 0 aliphatic heterocycles. The lowest BCUT2D eigenvalue weighted by Crippen LogP contribution is -1.78. The van der Waals surface area contributed by atoms with Crippen LogP contribution in [-0.2, 0) is 5.75 Å². The van der Waals surface area contributed by atoms with Gasteiger partial charge in [0.15, 0.2) is 0 Å². The van der Waals surface area contributed by atoms with Crippen LogP contribution >= 0.6 is 23.4 Å². The summed E-state index contributed by atoms with van der Waals surface area (Å²) in [5.41, 5.74) is 0. The smallest absolute Gasteiger partial charge is 0.113 e. The second-order valence-electron chi connectivity index (χ2n) is 2.09. The fourth-order valence-electron chi connectivity index (χ4n) is 0.657. The molecule has 60 valence electrons. The van der Waals surface area contributed by atoms with Crippen LogP contribution in [0.3, 0.4) is 0 Å². The number of rotatable bonds is 4. The van der Waals surface area contributed by atoms with E-state index in [1.54, 1.807) is 18.0 Å². The zero-order valence-electron chi connectivity index (χ0n) is 6.05. The van der Waals surface area contributed by atoms with E-state index in [0.717, 1.165) is 17.3 Å². The Hall–Kier alpha value is -0.340. The molecule has 1 heterocycles. The number of furan rings is 1. The highest BCUT2D eigenvalue weighted by Gasteiger charge is 1.95. The lowest BCUT2D eigenvalue weighted by Gasteiger charge is -1.95. The van der Waals surface area contributed by atoms with E-state index in [-0.39, 0.29) is 0 Å². The Morgan fingerprint density at radius 3 is 3.09 bits per heavy atom. The number of hydrogen-bond donors (Lipinski definition) is 0. The molecule has 1 nitrogen and oxygen atoms in total. The third-order valence-electron chi connectivity index (χ3n) is 1.08. The van der Waals surface area contributed by atoms with Gasteiger partial charge in [0.1, 0.15) is 5.76 Å². The van der Waals surface area contributed by atoms with Crippen LogP contribution in [0.1, 0.15) is 5.76 Å². The van der Waals surface area contributed by atoms with Gasteiger partial charge in [-0.2, -0.15) is 0 Å². The topological polar surface area (TPSA) is 13.1 Å². The normalized spacial score (nSPS) is 9.91. The molecule has 0 amide bonds. The zero-order valence-corrected chi connectivity index (χ0v) is 7.62. The minimum Gasteiger partial charge on any atom is -0.468 e. The summed E-state index contributed by atoms with van der Waals surface area (Å²) in [6, 6.07) is 3.83. The summed E-state index contributed by atoms with van der Waals surface area (Å²) in [4.78, 5) is 0. The molecule has 3 heteroatoms. The van der Waals surface area contributed by atoms with Crippen molar-refractivity contribution in [2.75, 3.05) is 5.75 Å². The minimum atomic E-state index is 0.682. The summed E-state index contributed by atoms with van der Waals surface area (Å²) >= 11 is 7.27.